The normalized spacial score (nSPS) is 10.6. The number of nitrogens with zero attached hydrogens (tertiary/aromatic N) is 3. The Morgan fingerprint density at radius 3 is 2.56 bits per heavy atom. The molecular formula is C13H18N4O. The topological polar surface area (TPSA) is 68.2 Å². The van der Waals surface area contributed by atoms with Gasteiger partial charge in [0.15, 0.2) is 0 Å². The predicted octanol–water partition coefficient (Wildman–Crippen LogP) is 1.69. The number of aryl methyl sites for hydroxylation is 1. The number of hydrogen-bond acceptors (Lipinski definition) is 5. The van der Waals surface area contributed by atoms with Gasteiger partial charge in [0.1, 0.15) is 0 Å². The molecule has 0 radical (unpaired) electrons. The Morgan fingerprint density at radius 1 is 1.22 bits per heavy atom. The minimum Gasteiger partial charge on any atom is -0.378 e. The first-order valence-corrected chi connectivity index (χ1v) is 6.01. The summed E-state index contributed by atoms with van der Waals surface area (Å²) in [6, 6.07) is 8.05. The average molecular weight is 246 g/mol. The first-order valence-electron chi connectivity index (χ1n) is 6.01. The molecule has 0 fully saturated rings. The second-order valence-electron chi connectivity index (χ2n) is 4.35. The quantitative estimate of drug-likeness (QED) is 0.869. The molecule has 2 rings (SSSR count). The van der Waals surface area contributed by atoms with Gasteiger partial charge in [-0.1, -0.05) is 5.16 Å². The molecule has 1 aromatic heterocycles. The van der Waals surface area contributed by atoms with Crippen molar-refractivity contribution < 1.29 is 4.52 Å². The average Bonchev–Trinajstić information content (AvgIpc) is 2.85. The van der Waals surface area contributed by atoms with E-state index in [1.165, 1.54) is 0 Å². The summed E-state index contributed by atoms with van der Waals surface area (Å²) >= 11 is 0. The Bertz CT molecular complexity index is 490. The summed E-state index contributed by atoms with van der Waals surface area (Å²) < 4.78 is 5.17. The molecule has 0 saturated carbocycles. The summed E-state index contributed by atoms with van der Waals surface area (Å²) in [5.41, 5.74) is 7.55. The molecular weight excluding hydrogens is 228 g/mol. The Balaban J connectivity index is 2.13. The standard InChI is InChI=1S/C13H18N4O/c1-17(2)11-7-5-10(6-8-11)13-15-12(18-16-13)4-3-9-14/h5-8H,3-4,9,14H2,1-2H3. The van der Waals surface area contributed by atoms with Crippen molar-refractivity contribution in [3.63, 3.8) is 0 Å². The van der Waals surface area contributed by atoms with Crippen LogP contribution in [-0.2, 0) is 6.42 Å². The van der Waals surface area contributed by atoms with Crippen molar-refractivity contribution in [2.75, 3.05) is 25.5 Å². The number of rotatable bonds is 5. The van der Waals surface area contributed by atoms with Crippen LogP contribution in [0, 0.1) is 0 Å². The lowest BCUT2D eigenvalue weighted by Gasteiger charge is -2.11. The molecule has 2 aromatic rings. The van der Waals surface area contributed by atoms with E-state index in [-0.39, 0.29) is 0 Å². The third-order valence-corrected chi connectivity index (χ3v) is 2.70. The molecule has 0 spiro atoms. The van der Waals surface area contributed by atoms with E-state index in [1.54, 1.807) is 0 Å². The summed E-state index contributed by atoms with van der Waals surface area (Å²) in [5, 5.41) is 3.97. The van der Waals surface area contributed by atoms with Crippen molar-refractivity contribution in [2.24, 2.45) is 5.73 Å². The maximum atomic E-state index is 5.44. The van der Waals surface area contributed by atoms with Crippen molar-refractivity contribution in [3.8, 4) is 11.4 Å². The van der Waals surface area contributed by atoms with Gasteiger partial charge < -0.3 is 15.2 Å². The smallest absolute Gasteiger partial charge is 0.227 e. The summed E-state index contributed by atoms with van der Waals surface area (Å²) in [4.78, 5) is 6.39. The number of aromatic nitrogens is 2. The highest BCUT2D eigenvalue weighted by Crippen LogP contribution is 2.20. The molecule has 0 amide bonds. The summed E-state index contributed by atoms with van der Waals surface area (Å²) in [5.74, 6) is 1.28. The molecule has 1 heterocycles. The maximum Gasteiger partial charge on any atom is 0.227 e. The van der Waals surface area contributed by atoms with Gasteiger partial charge in [0.05, 0.1) is 0 Å². The molecule has 0 bridgehead atoms. The fraction of sp³-hybridized carbons (Fsp3) is 0.385. The molecule has 1 aromatic carbocycles. The monoisotopic (exact) mass is 246 g/mol. The van der Waals surface area contributed by atoms with Crippen molar-refractivity contribution >= 4 is 5.69 Å². The van der Waals surface area contributed by atoms with Crippen molar-refractivity contribution in [3.05, 3.63) is 30.2 Å². The van der Waals surface area contributed by atoms with Crippen LogP contribution in [0.2, 0.25) is 0 Å². The largest absolute Gasteiger partial charge is 0.378 e. The lowest BCUT2D eigenvalue weighted by Crippen LogP contribution is -2.07. The Hall–Kier alpha value is -1.88. The van der Waals surface area contributed by atoms with Gasteiger partial charge in [0.25, 0.3) is 0 Å². The third kappa shape index (κ3) is 2.87. The molecule has 0 unspecified atom stereocenters. The molecule has 0 aliphatic heterocycles. The zero-order valence-corrected chi connectivity index (χ0v) is 10.8. The van der Waals surface area contributed by atoms with Crippen LogP contribution in [0.25, 0.3) is 11.4 Å². The van der Waals surface area contributed by atoms with Gasteiger partial charge in [-0.3, -0.25) is 0 Å². The van der Waals surface area contributed by atoms with Crippen LogP contribution in [0.4, 0.5) is 5.69 Å². The molecule has 96 valence electrons. The van der Waals surface area contributed by atoms with Gasteiger partial charge in [-0.05, 0) is 37.2 Å². The molecule has 0 saturated heterocycles. The zero-order valence-electron chi connectivity index (χ0n) is 10.8. The fourth-order valence-corrected chi connectivity index (χ4v) is 1.64. The van der Waals surface area contributed by atoms with E-state index in [0.29, 0.717) is 18.3 Å². The van der Waals surface area contributed by atoms with E-state index in [2.05, 4.69) is 10.1 Å². The molecule has 18 heavy (non-hydrogen) atoms. The van der Waals surface area contributed by atoms with Crippen LogP contribution in [0.3, 0.4) is 0 Å². The second kappa shape index (κ2) is 5.64. The van der Waals surface area contributed by atoms with Crippen LogP contribution in [0.5, 0.6) is 0 Å². The van der Waals surface area contributed by atoms with E-state index in [4.69, 9.17) is 10.3 Å². The lowest BCUT2D eigenvalue weighted by molar-refractivity contribution is 0.376. The Morgan fingerprint density at radius 2 is 1.94 bits per heavy atom. The number of hydrogen-bond donors (Lipinski definition) is 1. The van der Waals surface area contributed by atoms with Crippen molar-refractivity contribution in [1.82, 2.24) is 10.1 Å². The molecule has 0 aliphatic rings. The van der Waals surface area contributed by atoms with E-state index in [1.807, 2.05) is 43.3 Å². The third-order valence-electron chi connectivity index (χ3n) is 2.70. The van der Waals surface area contributed by atoms with Crippen LogP contribution < -0.4 is 10.6 Å². The van der Waals surface area contributed by atoms with Gasteiger partial charge in [-0.25, -0.2) is 0 Å². The van der Waals surface area contributed by atoms with Gasteiger partial charge in [0.2, 0.25) is 11.7 Å². The molecule has 0 aliphatic carbocycles. The maximum absolute atomic E-state index is 5.44. The first-order chi connectivity index (χ1) is 8.70. The Labute approximate surface area is 107 Å². The highest BCUT2D eigenvalue weighted by atomic mass is 16.5. The van der Waals surface area contributed by atoms with Crippen LogP contribution in [0.1, 0.15) is 12.3 Å². The predicted molar refractivity (Wildman–Crippen MR) is 71.4 cm³/mol. The molecule has 5 heteroatoms. The van der Waals surface area contributed by atoms with E-state index in [0.717, 1.165) is 24.1 Å². The number of nitrogens with two attached hydrogens (primary N) is 1. The Kier molecular flexibility index (Phi) is 3.94. The van der Waals surface area contributed by atoms with Gasteiger partial charge in [-0.15, -0.1) is 0 Å². The first kappa shape index (κ1) is 12.6. The highest BCUT2D eigenvalue weighted by Gasteiger charge is 2.08. The van der Waals surface area contributed by atoms with Gasteiger partial charge in [0, 0.05) is 31.8 Å². The van der Waals surface area contributed by atoms with Crippen LogP contribution in [-0.4, -0.2) is 30.8 Å². The molecule has 2 N–H and O–H groups in total. The summed E-state index contributed by atoms with van der Waals surface area (Å²) in [6.07, 6.45) is 1.60. The van der Waals surface area contributed by atoms with Crippen LogP contribution in [0.15, 0.2) is 28.8 Å². The molecule has 0 atom stereocenters. The zero-order chi connectivity index (χ0) is 13.0. The van der Waals surface area contributed by atoms with Gasteiger partial charge >= 0.3 is 0 Å². The van der Waals surface area contributed by atoms with E-state index < -0.39 is 0 Å². The van der Waals surface area contributed by atoms with E-state index >= 15 is 0 Å². The minimum atomic E-state index is 0.632. The van der Waals surface area contributed by atoms with Crippen molar-refractivity contribution in [2.45, 2.75) is 12.8 Å². The summed E-state index contributed by atoms with van der Waals surface area (Å²) in [6.45, 7) is 0.634. The fourth-order valence-electron chi connectivity index (χ4n) is 1.64. The lowest BCUT2D eigenvalue weighted by atomic mass is 10.2. The second-order valence-corrected chi connectivity index (χ2v) is 4.35. The SMILES string of the molecule is CN(C)c1ccc(-c2noc(CCCN)n2)cc1. The highest BCUT2D eigenvalue weighted by molar-refractivity contribution is 5.59. The van der Waals surface area contributed by atoms with E-state index in [9.17, 15) is 0 Å². The number of benzene rings is 1. The summed E-state index contributed by atoms with van der Waals surface area (Å²) in [7, 11) is 4.02. The minimum absolute atomic E-state index is 0.632. The van der Waals surface area contributed by atoms with Crippen LogP contribution >= 0.6 is 0 Å². The number of anilines is 1. The van der Waals surface area contributed by atoms with Gasteiger partial charge in [-0.2, -0.15) is 4.98 Å². The molecule has 5 nitrogen and oxygen atoms in total. The van der Waals surface area contributed by atoms with Crippen molar-refractivity contribution in [1.29, 1.82) is 0 Å².